The Morgan fingerprint density at radius 3 is 2.33 bits per heavy atom. The van der Waals surface area contributed by atoms with Gasteiger partial charge in [-0.05, 0) is 12.8 Å². The van der Waals surface area contributed by atoms with Crippen LogP contribution in [-0.4, -0.2) is 34.1 Å². The van der Waals surface area contributed by atoms with Crippen LogP contribution in [0.1, 0.15) is 48.9 Å². The van der Waals surface area contributed by atoms with Crippen LogP contribution in [0.25, 0.3) is 0 Å². The van der Waals surface area contributed by atoms with Crippen molar-refractivity contribution in [3.8, 4) is 0 Å². The zero-order valence-corrected chi connectivity index (χ0v) is 10.5. The molecule has 0 spiro atoms. The third kappa shape index (κ3) is 3.18. The highest BCUT2D eigenvalue weighted by molar-refractivity contribution is 5.92. The molecule has 0 unspecified atom stereocenters. The van der Waals surface area contributed by atoms with E-state index in [1.165, 1.54) is 38.2 Å². The van der Waals surface area contributed by atoms with Gasteiger partial charge in [-0.3, -0.25) is 0 Å². The third-order valence-electron chi connectivity index (χ3n) is 3.33. The Kier molecular flexibility index (Phi) is 4.50. The minimum absolute atomic E-state index is 0.205. The second-order valence-corrected chi connectivity index (χ2v) is 4.67. The molecule has 0 radical (unpaired) electrons. The van der Waals surface area contributed by atoms with Crippen molar-refractivity contribution in [3.05, 3.63) is 18.1 Å². The number of hydrogen-bond acceptors (Lipinski definition) is 4. The van der Waals surface area contributed by atoms with E-state index in [4.69, 9.17) is 0 Å². The van der Waals surface area contributed by atoms with Gasteiger partial charge in [0, 0.05) is 19.3 Å². The zero-order chi connectivity index (χ0) is 12.8. The molecule has 5 heteroatoms. The normalized spacial score (nSPS) is 17.7. The number of aromatic carboxylic acids is 1. The van der Waals surface area contributed by atoms with Crippen molar-refractivity contribution in [3.63, 3.8) is 0 Å². The van der Waals surface area contributed by atoms with Crippen LogP contribution >= 0.6 is 0 Å². The average Bonchev–Trinajstić information content (AvgIpc) is 2.52. The van der Waals surface area contributed by atoms with Gasteiger partial charge in [-0.2, -0.15) is 0 Å². The lowest BCUT2D eigenvalue weighted by atomic mass is 10.1. The van der Waals surface area contributed by atoms with E-state index < -0.39 is 5.97 Å². The summed E-state index contributed by atoms with van der Waals surface area (Å²) in [5.74, 6) is -0.384. The van der Waals surface area contributed by atoms with Gasteiger partial charge in [-0.25, -0.2) is 14.8 Å². The first-order valence-corrected chi connectivity index (χ1v) is 6.57. The molecule has 2 rings (SSSR count). The van der Waals surface area contributed by atoms with E-state index in [0.717, 1.165) is 25.9 Å². The summed E-state index contributed by atoms with van der Waals surface area (Å²) < 4.78 is 0. The van der Waals surface area contributed by atoms with Crippen LogP contribution in [0.15, 0.2) is 12.5 Å². The molecule has 1 aliphatic rings. The summed E-state index contributed by atoms with van der Waals surface area (Å²) in [4.78, 5) is 21.2. The first-order valence-electron chi connectivity index (χ1n) is 6.57. The van der Waals surface area contributed by atoms with Gasteiger partial charge in [-0.15, -0.1) is 0 Å². The molecular weight excluding hydrogens is 230 g/mol. The van der Waals surface area contributed by atoms with Crippen molar-refractivity contribution in [2.24, 2.45) is 0 Å². The Balaban J connectivity index is 2.19. The molecule has 1 aromatic heterocycles. The van der Waals surface area contributed by atoms with Crippen molar-refractivity contribution in [1.82, 2.24) is 9.97 Å². The fourth-order valence-electron chi connectivity index (χ4n) is 2.36. The van der Waals surface area contributed by atoms with Crippen molar-refractivity contribution in [1.29, 1.82) is 0 Å². The summed E-state index contributed by atoms with van der Waals surface area (Å²) in [6.07, 6.45) is 10.00. The second kappa shape index (κ2) is 6.33. The largest absolute Gasteiger partial charge is 0.477 e. The maximum atomic E-state index is 11.2. The lowest BCUT2D eigenvalue weighted by molar-refractivity contribution is 0.0696. The molecule has 0 amide bonds. The van der Waals surface area contributed by atoms with E-state index in [2.05, 4.69) is 14.9 Å². The Morgan fingerprint density at radius 2 is 1.72 bits per heavy atom. The monoisotopic (exact) mass is 249 g/mol. The third-order valence-corrected chi connectivity index (χ3v) is 3.33. The van der Waals surface area contributed by atoms with E-state index in [0.29, 0.717) is 5.82 Å². The van der Waals surface area contributed by atoms with Gasteiger partial charge in [0.05, 0.1) is 0 Å². The molecule has 1 aromatic rings. The molecule has 1 aliphatic heterocycles. The fourth-order valence-corrected chi connectivity index (χ4v) is 2.36. The van der Waals surface area contributed by atoms with Gasteiger partial charge in [0.15, 0.2) is 0 Å². The Morgan fingerprint density at radius 1 is 1.11 bits per heavy atom. The molecule has 0 aromatic carbocycles. The highest BCUT2D eigenvalue weighted by Gasteiger charge is 2.17. The number of rotatable bonds is 2. The number of carboxylic acid groups (broad SMARTS) is 1. The van der Waals surface area contributed by atoms with Gasteiger partial charge < -0.3 is 10.0 Å². The van der Waals surface area contributed by atoms with Crippen LogP contribution in [0, 0.1) is 0 Å². The van der Waals surface area contributed by atoms with Crippen molar-refractivity contribution in [2.75, 3.05) is 18.0 Å². The topological polar surface area (TPSA) is 66.3 Å². The van der Waals surface area contributed by atoms with Gasteiger partial charge >= 0.3 is 5.97 Å². The Bertz CT molecular complexity index is 399. The van der Waals surface area contributed by atoms with Crippen molar-refractivity contribution in [2.45, 2.75) is 38.5 Å². The Hall–Kier alpha value is -1.65. The smallest absolute Gasteiger partial charge is 0.341 e. The number of nitrogens with zero attached hydrogens (tertiary/aromatic N) is 3. The Labute approximate surface area is 107 Å². The van der Waals surface area contributed by atoms with Crippen LogP contribution in [-0.2, 0) is 0 Å². The number of carboxylic acids is 1. The second-order valence-electron chi connectivity index (χ2n) is 4.67. The fraction of sp³-hybridized carbons (Fsp3) is 0.615. The summed E-state index contributed by atoms with van der Waals surface area (Å²) >= 11 is 0. The standard InChI is InChI=1S/C13H19N3O2/c17-13(18)11-9-14-10-15-12(11)16-7-5-3-1-2-4-6-8-16/h9-10H,1-8H2,(H,17,18). The highest BCUT2D eigenvalue weighted by atomic mass is 16.4. The van der Waals surface area contributed by atoms with Crippen molar-refractivity contribution < 1.29 is 9.90 Å². The molecule has 18 heavy (non-hydrogen) atoms. The lowest BCUT2D eigenvalue weighted by Crippen LogP contribution is -2.28. The molecule has 0 atom stereocenters. The van der Waals surface area contributed by atoms with E-state index in [1.54, 1.807) is 0 Å². The van der Waals surface area contributed by atoms with Crippen LogP contribution in [0.4, 0.5) is 5.82 Å². The number of hydrogen-bond donors (Lipinski definition) is 1. The van der Waals surface area contributed by atoms with E-state index in [9.17, 15) is 9.90 Å². The zero-order valence-electron chi connectivity index (χ0n) is 10.5. The maximum absolute atomic E-state index is 11.2. The van der Waals surface area contributed by atoms with Crippen LogP contribution in [0.3, 0.4) is 0 Å². The molecule has 1 N–H and O–H groups in total. The summed E-state index contributed by atoms with van der Waals surface area (Å²) in [7, 11) is 0. The summed E-state index contributed by atoms with van der Waals surface area (Å²) in [5, 5.41) is 9.17. The molecule has 2 heterocycles. The summed E-state index contributed by atoms with van der Waals surface area (Å²) in [6.45, 7) is 1.77. The maximum Gasteiger partial charge on any atom is 0.341 e. The SMILES string of the molecule is O=C(O)c1cncnc1N1CCCCCCCC1. The first kappa shape index (κ1) is 12.8. The minimum atomic E-state index is -0.953. The van der Waals surface area contributed by atoms with Crippen LogP contribution in [0.5, 0.6) is 0 Å². The molecule has 0 aliphatic carbocycles. The molecule has 0 bridgehead atoms. The molecule has 0 saturated carbocycles. The van der Waals surface area contributed by atoms with E-state index in [1.807, 2.05) is 0 Å². The predicted octanol–water partition coefficient (Wildman–Crippen LogP) is 2.34. The molecular formula is C13H19N3O2. The van der Waals surface area contributed by atoms with Gasteiger partial charge in [0.25, 0.3) is 0 Å². The lowest BCUT2D eigenvalue weighted by Gasteiger charge is -2.24. The first-order chi connectivity index (χ1) is 8.79. The average molecular weight is 249 g/mol. The minimum Gasteiger partial charge on any atom is -0.477 e. The van der Waals surface area contributed by atoms with Crippen LogP contribution < -0.4 is 4.90 Å². The van der Waals surface area contributed by atoms with E-state index in [-0.39, 0.29) is 5.56 Å². The van der Waals surface area contributed by atoms with E-state index >= 15 is 0 Å². The number of anilines is 1. The number of aromatic nitrogens is 2. The molecule has 5 nitrogen and oxygen atoms in total. The predicted molar refractivity (Wildman–Crippen MR) is 68.9 cm³/mol. The quantitative estimate of drug-likeness (QED) is 0.871. The van der Waals surface area contributed by atoms with Gasteiger partial charge in [0.2, 0.25) is 0 Å². The summed E-state index contributed by atoms with van der Waals surface area (Å²) in [5.41, 5.74) is 0.205. The molecule has 98 valence electrons. The van der Waals surface area contributed by atoms with Gasteiger partial charge in [0.1, 0.15) is 17.7 Å². The van der Waals surface area contributed by atoms with Gasteiger partial charge in [-0.1, -0.05) is 25.7 Å². The summed E-state index contributed by atoms with van der Waals surface area (Å²) in [6, 6.07) is 0. The van der Waals surface area contributed by atoms with Crippen LogP contribution in [0.2, 0.25) is 0 Å². The molecule has 1 saturated heterocycles. The highest BCUT2D eigenvalue weighted by Crippen LogP contribution is 2.20. The molecule has 1 fully saturated rings. The number of carbonyl (C=O) groups is 1. The van der Waals surface area contributed by atoms with Crippen molar-refractivity contribution >= 4 is 11.8 Å².